The molecule has 2 aromatic rings. The van der Waals surface area contributed by atoms with E-state index in [1.165, 1.54) is 9.75 Å². The van der Waals surface area contributed by atoms with Crippen molar-refractivity contribution >= 4 is 58.6 Å². The fourth-order valence-corrected chi connectivity index (χ4v) is 5.16. The Morgan fingerprint density at radius 2 is 0.875 bits per heavy atom. The minimum atomic E-state index is -0.319. The van der Waals surface area contributed by atoms with Gasteiger partial charge in [-0.15, -0.1) is 22.7 Å². The molecule has 32 heavy (non-hydrogen) atoms. The molecule has 4 nitrogen and oxygen atoms in total. The van der Waals surface area contributed by atoms with Crippen LogP contribution >= 0.6 is 22.7 Å². The molecule has 0 spiro atoms. The molecule has 170 valence electrons. The number of rotatable bonds is 5. The highest BCUT2D eigenvalue weighted by Gasteiger charge is 2.53. The van der Waals surface area contributed by atoms with Crippen LogP contribution in [0.1, 0.15) is 65.1 Å². The molecule has 2 saturated heterocycles. The largest absolute Gasteiger partial charge is 0.505 e. The molecule has 8 heteroatoms. The standard InChI is InChI=1S/C24H32B2O4S2/c1-21(2)22(3,4)28-25(27-21)19-15-13-17(31-19)11-9-10-12-18-14-16-20(32-18)26-29-23(5,6)24(7,8)30-26/h9-16H,1-8H3/b11-9+,12-10+. The van der Waals surface area contributed by atoms with Gasteiger partial charge in [-0.05, 0) is 79.7 Å². The number of allylic oxidation sites excluding steroid dienone is 2. The van der Waals surface area contributed by atoms with Gasteiger partial charge in [0.15, 0.2) is 0 Å². The molecular formula is C24H32B2O4S2. The maximum Gasteiger partial charge on any atom is 0.505 e. The maximum atomic E-state index is 6.15. The Morgan fingerprint density at radius 1 is 0.562 bits per heavy atom. The minimum Gasteiger partial charge on any atom is -0.399 e. The van der Waals surface area contributed by atoms with Gasteiger partial charge in [0.05, 0.1) is 22.4 Å². The van der Waals surface area contributed by atoms with Crippen LogP contribution in [0.2, 0.25) is 0 Å². The normalized spacial score (nSPS) is 23.8. The molecule has 0 aromatic carbocycles. The first-order valence-corrected chi connectivity index (χ1v) is 12.7. The summed E-state index contributed by atoms with van der Waals surface area (Å²) in [5.74, 6) is 0. The lowest BCUT2D eigenvalue weighted by atomic mass is 9.88. The Kier molecular flexibility index (Phi) is 6.19. The monoisotopic (exact) mass is 470 g/mol. The summed E-state index contributed by atoms with van der Waals surface area (Å²) in [4.78, 5) is 2.34. The first-order chi connectivity index (χ1) is 14.8. The van der Waals surface area contributed by atoms with E-state index in [-0.39, 0.29) is 36.6 Å². The number of thiophene rings is 2. The van der Waals surface area contributed by atoms with Gasteiger partial charge in [0.1, 0.15) is 0 Å². The van der Waals surface area contributed by atoms with E-state index in [0.717, 1.165) is 9.55 Å². The second-order valence-corrected chi connectivity index (χ2v) is 12.7. The predicted octanol–water partition coefficient (Wildman–Crippen LogP) is 5.13. The molecule has 2 aromatic heterocycles. The zero-order chi connectivity index (χ0) is 23.4. The zero-order valence-electron chi connectivity index (χ0n) is 20.2. The lowest BCUT2D eigenvalue weighted by Gasteiger charge is -2.32. The van der Waals surface area contributed by atoms with Crippen molar-refractivity contribution in [2.75, 3.05) is 0 Å². The Balaban J connectivity index is 1.35. The molecule has 2 aliphatic heterocycles. The van der Waals surface area contributed by atoms with Gasteiger partial charge in [0, 0.05) is 19.3 Å². The molecule has 0 radical (unpaired) electrons. The second-order valence-electron chi connectivity index (χ2n) is 10.4. The van der Waals surface area contributed by atoms with Gasteiger partial charge in [0.25, 0.3) is 0 Å². The molecule has 0 bridgehead atoms. The summed E-state index contributed by atoms with van der Waals surface area (Å²) in [6.07, 6.45) is 8.35. The Morgan fingerprint density at radius 3 is 1.19 bits per heavy atom. The van der Waals surface area contributed by atoms with Crippen LogP contribution < -0.4 is 9.55 Å². The highest BCUT2D eigenvalue weighted by atomic mass is 32.1. The molecule has 0 amide bonds. The lowest BCUT2D eigenvalue weighted by Crippen LogP contribution is -2.41. The number of hydrogen-bond donors (Lipinski definition) is 0. The van der Waals surface area contributed by atoms with Gasteiger partial charge >= 0.3 is 14.2 Å². The smallest absolute Gasteiger partial charge is 0.399 e. The lowest BCUT2D eigenvalue weighted by molar-refractivity contribution is 0.00578. The van der Waals surface area contributed by atoms with E-state index in [0.29, 0.717) is 0 Å². The van der Waals surface area contributed by atoms with Crippen molar-refractivity contribution in [3.05, 3.63) is 46.2 Å². The maximum absolute atomic E-state index is 6.15. The summed E-state index contributed by atoms with van der Waals surface area (Å²) in [6.45, 7) is 16.6. The Labute approximate surface area is 200 Å². The zero-order valence-corrected chi connectivity index (χ0v) is 21.9. The molecule has 4 rings (SSSR count). The Bertz CT molecular complexity index is 918. The summed E-state index contributed by atoms with van der Waals surface area (Å²) >= 11 is 3.39. The van der Waals surface area contributed by atoms with Crippen LogP contribution in [0.3, 0.4) is 0 Å². The molecular weight excluding hydrogens is 438 g/mol. The Hall–Kier alpha value is -1.15. The van der Waals surface area contributed by atoms with Crippen LogP contribution in [0.25, 0.3) is 12.2 Å². The van der Waals surface area contributed by atoms with Crippen LogP contribution in [0.15, 0.2) is 36.4 Å². The molecule has 0 N–H and O–H groups in total. The van der Waals surface area contributed by atoms with Crippen molar-refractivity contribution in [3.63, 3.8) is 0 Å². The molecule has 2 fully saturated rings. The predicted molar refractivity (Wildman–Crippen MR) is 138 cm³/mol. The van der Waals surface area contributed by atoms with Crippen molar-refractivity contribution in [3.8, 4) is 0 Å². The van der Waals surface area contributed by atoms with E-state index in [2.05, 4.69) is 104 Å². The average molecular weight is 470 g/mol. The summed E-state index contributed by atoms with van der Waals surface area (Å²) < 4.78 is 26.8. The molecule has 0 unspecified atom stereocenters. The van der Waals surface area contributed by atoms with Gasteiger partial charge in [0.2, 0.25) is 0 Å². The molecule has 0 aliphatic carbocycles. The summed E-state index contributed by atoms with van der Waals surface area (Å²) in [5, 5.41) is 0. The topological polar surface area (TPSA) is 36.9 Å². The minimum absolute atomic E-state index is 0.304. The van der Waals surface area contributed by atoms with E-state index in [9.17, 15) is 0 Å². The molecule has 0 saturated carbocycles. The quantitative estimate of drug-likeness (QED) is 0.449. The van der Waals surface area contributed by atoms with E-state index < -0.39 is 0 Å². The average Bonchev–Trinajstić information content (AvgIpc) is 3.40. The van der Waals surface area contributed by atoms with Crippen LogP contribution in [-0.2, 0) is 18.6 Å². The van der Waals surface area contributed by atoms with Crippen molar-refractivity contribution in [2.24, 2.45) is 0 Å². The molecule has 0 atom stereocenters. The van der Waals surface area contributed by atoms with E-state index in [4.69, 9.17) is 18.6 Å². The summed E-state index contributed by atoms with van der Waals surface area (Å²) in [6, 6.07) is 8.40. The third-order valence-corrected chi connectivity index (χ3v) is 9.04. The van der Waals surface area contributed by atoms with Crippen LogP contribution in [0.4, 0.5) is 0 Å². The van der Waals surface area contributed by atoms with Gasteiger partial charge in [-0.2, -0.15) is 0 Å². The highest BCUT2D eigenvalue weighted by molar-refractivity contribution is 7.23. The van der Waals surface area contributed by atoms with Crippen molar-refractivity contribution in [1.82, 2.24) is 0 Å². The third kappa shape index (κ3) is 4.59. The van der Waals surface area contributed by atoms with Gasteiger partial charge < -0.3 is 18.6 Å². The van der Waals surface area contributed by atoms with Crippen molar-refractivity contribution in [2.45, 2.75) is 77.8 Å². The third-order valence-electron chi connectivity index (χ3n) is 6.90. The van der Waals surface area contributed by atoms with Crippen LogP contribution in [-0.4, -0.2) is 36.6 Å². The fourth-order valence-electron chi connectivity index (χ4n) is 3.39. The van der Waals surface area contributed by atoms with Crippen molar-refractivity contribution in [1.29, 1.82) is 0 Å². The first-order valence-electron chi connectivity index (χ1n) is 11.1. The van der Waals surface area contributed by atoms with Gasteiger partial charge in [-0.3, -0.25) is 0 Å². The van der Waals surface area contributed by atoms with Gasteiger partial charge in [-0.25, -0.2) is 0 Å². The first kappa shape index (κ1) is 24.0. The van der Waals surface area contributed by atoms with Gasteiger partial charge in [-0.1, -0.05) is 24.3 Å². The van der Waals surface area contributed by atoms with Crippen LogP contribution in [0, 0.1) is 0 Å². The summed E-state index contributed by atoms with van der Waals surface area (Å²) in [7, 11) is -0.607. The van der Waals surface area contributed by atoms with Crippen LogP contribution in [0.5, 0.6) is 0 Å². The molecule has 2 aliphatic rings. The fraction of sp³-hybridized carbons (Fsp3) is 0.500. The van der Waals surface area contributed by atoms with E-state index in [1.54, 1.807) is 22.7 Å². The molecule has 4 heterocycles. The highest BCUT2D eigenvalue weighted by Crippen LogP contribution is 2.38. The van der Waals surface area contributed by atoms with Crippen molar-refractivity contribution < 1.29 is 18.6 Å². The number of hydrogen-bond acceptors (Lipinski definition) is 6. The van der Waals surface area contributed by atoms with E-state index >= 15 is 0 Å². The second kappa shape index (κ2) is 8.26. The van der Waals surface area contributed by atoms with E-state index in [1.807, 2.05) is 0 Å². The SMILES string of the molecule is CC1(C)OB(c2ccc(/C=C/C=C/c3ccc(B4OC(C)(C)C(C)(C)O4)s3)s2)OC1(C)C. The summed E-state index contributed by atoms with van der Waals surface area (Å²) in [5.41, 5.74) is -1.28.